The summed E-state index contributed by atoms with van der Waals surface area (Å²) < 4.78 is 0.473. The molecule has 0 bridgehead atoms. The smallest absolute Gasteiger partial charge is 0.270 e. The third-order valence-corrected chi connectivity index (χ3v) is 2.67. The summed E-state index contributed by atoms with van der Waals surface area (Å²) in [5, 5.41) is 13.3. The van der Waals surface area contributed by atoms with Crippen molar-refractivity contribution in [2.45, 2.75) is 0 Å². The molecule has 5 nitrogen and oxygen atoms in total. The Morgan fingerprint density at radius 3 is 2.76 bits per heavy atom. The van der Waals surface area contributed by atoms with Crippen LogP contribution in [0, 0.1) is 10.1 Å². The molecule has 0 fully saturated rings. The van der Waals surface area contributed by atoms with Crippen LogP contribution in [0.25, 0.3) is 0 Å². The highest BCUT2D eigenvalue weighted by atomic mass is 79.9. The molecule has 0 unspecified atom stereocenters. The van der Waals surface area contributed by atoms with Gasteiger partial charge in [0.05, 0.1) is 17.0 Å². The fourth-order valence-electron chi connectivity index (χ4n) is 1.07. The molecular weight excluding hydrogens is 311 g/mol. The van der Waals surface area contributed by atoms with Crippen molar-refractivity contribution in [1.82, 2.24) is 5.32 Å². The molecular formula is C10H8BrClN2O3. The van der Waals surface area contributed by atoms with E-state index in [9.17, 15) is 14.9 Å². The standard InChI is InChI=1S/C10H8BrClN2O3/c1-6(12)5-13-10(15)8-4-7(14(16)17)2-3-9(8)11/h2-4H,1,5H2,(H,13,15). The Kier molecular flexibility index (Phi) is 4.65. The predicted octanol–water partition coefficient (Wildman–Crippen LogP) is 2.84. The maximum absolute atomic E-state index is 11.7. The second-order valence-electron chi connectivity index (χ2n) is 3.12. The molecule has 0 heterocycles. The van der Waals surface area contributed by atoms with Gasteiger partial charge in [-0.25, -0.2) is 0 Å². The number of nitro groups is 1. The van der Waals surface area contributed by atoms with Crippen molar-refractivity contribution in [1.29, 1.82) is 0 Å². The molecule has 0 saturated heterocycles. The first-order valence-corrected chi connectivity index (χ1v) is 5.64. The normalized spacial score (nSPS) is 9.76. The Morgan fingerprint density at radius 2 is 2.24 bits per heavy atom. The SMILES string of the molecule is C=C(Cl)CNC(=O)c1cc([N+](=O)[O-])ccc1Br. The molecule has 1 rings (SSSR count). The Hall–Kier alpha value is -1.40. The molecule has 0 aliphatic carbocycles. The second-order valence-corrected chi connectivity index (χ2v) is 4.51. The fraction of sp³-hybridized carbons (Fsp3) is 0.100. The van der Waals surface area contributed by atoms with E-state index in [1.807, 2.05) is 0 Å². The summed E-state index contributed by atoms with van der Waals surface area (Å²) in [4.78, 5) is 21.7. The molecule has 0 atom stereocenters. The van der Waals surface area contributed by atoms with E-state index in [0.29, 0.717) is 4.47 Å². The summed E-state index contributed by atoms with van der Waals surface area (Å²) in [7, 11) is 0. The molecule has 1 aromatic rings. The monoisotopic (exact) mass is 318 g/mol. The summed E-state index contributed by atoms with van der Waals surface area (Å²) in [6.07, 6.45) is 0. The van der Waals surface area contributed by atoms with Crippen LogP contribution >= 0.6 is 27.5 Å². The Bertz CT molecular complexity index is 490. The van der Waals surface area contributed by atoms with Gasteiger partial charge in [-0.3, -0.25) is 14.9 Å². The average molecular weight is 320 g/mol. The number of halogens is 2. The van der Waals surface area contributed by atoms with Gasteiger partial charge < -0.3 is 5.32 Å². The first-order valence-electron chi connectivity index (χ1n) is 4.47. The summed E-state index contributed by atoms with van der Waals surface area (Å²) in [6.45, 7) is 3.53. The Labute approximate surface area is 111 Å². The lowest BCUT2D eigenvalue weighted by atomic mass is 10.2. The maximum atomic E-state index is 11.7. The van der Waals surface area contributed by atoms with E-state index >= 15 is 0 Å². The number of hydrogen-bond acceptors (Lipinski definition) is 3. The number of amides is 1. The van der Waals surface area contributed by atoms with Gasteiger partial charge in [-0.2, -0.15) is 0 Å². The molecule has 0 radical (unpaired) electrons. The highest BCUT2D eigenvalue weighted by Crippen LogP contribution is 2.22. The van der Waals surface area contributed by atoms with Crippen LogP contribution < -0.4 is 5.32 Å². The van der Waals surface area contributed by atoms with Gasteiger partial charge in [-0.05, 0) is 22.0 Å². The molecule has 1 N–H and O–H groups in total. The van der Waals surface area contributed by atoms with Crippen molar-refractivity contribution >= 4 is 39.1 Å². The van der Waals surface area contributed by atoms with Gasteiger partial charge in [0.1, 0.15) is 0 Å². The van der Waals surface area contributed by atoms with Crippen molar-refractivity contribution < 1.29 is 9.72 Å². The zero-order valence-corrected chi connectivity index (χ0v) is 10.9. The van der Waals surface area contributed by atoms with Crippen molar-refractivity contribution in [3.63, 3.8) is 0 Å². The minimum Gasteiger partial charge on any atom is -0.347 e. The molecule has 1 amide bonds. The topological polar surface area (TPSA) is 72.2 Å². The molecule has 0 aliphatic rings. The summed E-state index contributed by atoms with van der Waals surface area (Å²) in [5.41, 5.74) is 0.0279. The number of nitrogens with zero attached hydrogens (tertiary/aromatic N) is 1. The van der Waals surface area contributed by atoms with Crippen molar-refractivity contribution in [2.75, 3.05) is 6.54 Å². The number of carbonyl (C=O) groups is 1. The van der Waals surface area contributed by atoms with Crippen LogP contribution in [0.4, 0.5) is 5.69 Å². The maximum Gasteiger partial charge on any atom is 0.270 e. The van der Waals surface area contributed by atoms with E-state index in [4.69, 9.17) is 11.6 Å². The van der Waals surface area contributed by atoms with E-state index in [1.54, 1.807) is 0 Å². The van der Waals surface area contributed by atoms with Crippen molar-refractivity contribution in [2.24, 2.45) is 0 Å². The van der Waals surface area contributed by atoms with Crippen LogP contribution in [-0.2, 0) is 0 Å². The van der Waals surface area contributed by atoms with Crippen LogP contribution in [0.2, 0.25) is 0 Å². The van der Waals surface area contributed by atoms with Crippen LogP contribution in [0.5, 0.6) is 0 Å². The molecule has 0 spiro atoms. The number of carbonyl (C=O) groups excluding carboxylic acids is 1. The summed E-state index contributed by atoms with van der Waals surface area (Å²) in [5.74, 6) is -0.456. The van der Waals surface area contributed by atoms with Gasteiger partial charge in [-0.1, -0.05) is 18.2 Å². The van der Waals surface area contributed by atoms with E-state index in [-0.39, 0.29) is 22.8 Å². The van der Waals surface area contributed by atoms with Gasteiger partial charge in [-0.15, -0.1) is 0 Å². The van der Waals surface area contributed by atoms with Crippen LogP contribution in [0.1, 0.15) is 10.4 Å². The number of rotatable bonds is 4. The quantitative estimate of drug-likeness (QED) is 0.685. The van der Waals surface area contributed by atoms with Crippen molar-refractivity contribution in [3.8, 4) is 0 Å². The number of hydrogen-bond donors (Lipinski definition) is 1. The summed E-state index contributed by atoms with van der Waals surface area (Å²) >= 11 is 8.65. The lowest BCUT2D eigenvalue weighted by molar-refractivity contribution is -0.384. The minimum atomic E-state index is -0.566. The molecule has 17 heavy (non-hydrogen) atoms. The molecule has 0 aliphatic heterocycles. The number of benzene rings is 1. The lowest BCUT2D eigenvalue weighted by Crippen LogP contribution is -2.24. The zero-order chi connectivity index (χ0) is 13.0. The molecule has 90 valence electrons. The Morgan fingerprint density at radius 1 is 1.59 bits per heavy atom. The van der Waals surface area contributed by atoms with E-state index in [2.05, 4.69) is 27.8 Å². The average Bonchev–Trinajstić information content (AvgIpc) is 2.26. The number of nitrogens with one attached hydrogen (secondary N) is 1. The summed E-state index contributed by atoms with van der Waals surface area (Å²) in [6, 6.07) is 3.94. The van der Waals surface area contributed by atoms with Gasteiger partial charge in [0.25, 0.3) is 11.6 Å². The molecule has 0 aromatic heterocycles. The van der Waals surface area contributed by atoms with Gasteiger partial charge >= 0.3 is 0 Å². The highest BCUT2D eigenvalue weighted by molar-refractivity contribution is 9.10. The third kappa shape index (κ3) is 3.83. The van der Waals surface area contributed by atoms with Crippen LogP contribution in [0.3, 0.4) is 0 Å². The van der Waals surface area contributed by atoms with Crippen LogP contribution in [-0.4, -0.2) is 17.4 Å². The largest absolute Gasteiger partial charge is 0.347 e. The van der Waals surface area contributed by atoms with E-state index < -0.39 is 10.8 Å². The number of non-ortho nitro benzene ring substituents is 1. The minimum absolute atomic E-state index is 0.107. The van der Waals surface area contributed by atoms with Gasteiger partial charge in [0, 0.05) is 21.6 Å². The zero-order valence-electron chi connectivity index (χ0n) is 8.57. The van der Waals surface area contributed by atoms with Crippen LogP contribution in [0.15, 0.2) is 34.3 Å². The third-order valence-electron chi connectivity index (χ3n) is 1.85. The van der Waals surface area contributed by atoms with Crippen molar-refractivity contribution in [3.05, 3.63) is 50.0 Å². The molecule has 7 heteroatoms. The van der Waals surface area contributed by atoms with E-state index in [0.717, 1.165) is 0 Å². The predicted molar refractivity (Wildman–Crippen MR) is 68.1 cm³/mol. The molecule has 0 saturated carbocycles. The first kappa shape index (κ1) is 13.7. The lowest BCUT2D eigenvalue weighted by Gasteiger charge is -2.05. The Balaban J connectivity index is 2.95. The van der Waals surface area contributed by atoms with Gasteiger partial charge in [0.2, 0.25) is 0 Å². The van der Waals surface area contributed by atoms with Gasteiger partial charge in [0.15, 0.2) is 0 Å². The fourth-order valence-corrected chi connectivity index (χ4v) is 1.57. The second kappa shape index (κ2) is 5.79. The highest BCUT2D eigenvalue weighted by Gasteiger charge is 2.15. The number of nitro benzene ring substituents is 1. The first-order chi connectivity index (χ1) is 7.91. The van der Waals surface area contributed by atoms with E-state index in [1.165, 1.54) is 18.2 Å². The molecule has 1 aromatic carbocycles.